The Morgan fingerprint density at radius 3 is 2.43 bits per heavy atom. The summed E-state index contributed by atoms with van der Waals surface area (Å²) >= 11 is 1.33. The number of carbonyl (C=O) groups is 3. The number of nitrogens with one attached hydrogen (secondary N) is 1. The molecule has 0 spiro atoms. The first-order valence-electron chi connectivity index (χ1n) is 9.44. The maximum atomic E-state index is 13.1. The molecule has 2 aromatic carbocycles. The average molecular weight is 423 g/mol. The number of likely N-dealkylation sites (N-methyl/N-ethyl adjacent to an activating group) is 1. The van der Waals surface area contributed by atoms with Crippen LogP contribution in [0.5, 0.6) is 5.75 Å². The molecule has 0 atom stereocenters. The molecule has 0 bridgehead atoms. The lowest BCUT2D eigenvalue weighted by Crippen LogP contribution is -2.38. The Labute approximate surface area is 179 Å². The van der Waals surface area contributed by atoms with Crippen LogP contribution < -0.4 is 10.1 Å². The Kier molecular flexibility index (Phi) is 6.98. The number of benzene rings is 2. The van der Waals surface area contributed by atoms with Gasteiger partial charge in [0.15, 0.2) is 0 Å². The van der Waals surface area contributed by atoms with E-state index in [1.165, 1.54) is 16.2 Å². The van der Waals surface area contributed by atoms with Gasteiger partial charge in [-0.25, -0.2) is 0 Å². The lowest BCUT2D eigenvalue weighted by Gasteiger charge is -2.21. The lowest BCUT2D eigenvalue weighted by molar-refractivity contribution is -0.116. The number of amides is 2. The van der Waals surface area contributed by atoms with Gasteiger partial charge >= 0.3 is 0 Å². The molecule has 3 rings (SSSR count). The molecule has 0 aliphatic heterocycles. The minimum absolute atomic E-state index is 0.131. The minimum Gasteiger partial charge on any atom is -0.497 e. The van der Waals surface area contributed by atoms with E-state index in [0.29, 0.717) is 28.4 Å². The van der Waals surface area contributed by atoms with Gasteiger partial charge in [0.2, 0.25) is 11.7 Å². The Balaban J connectivity index is 1.76. The van der Waals surface area contributed by atoms with Crippen LogP contribution in [0.1, 0.15) is 32.5 Å². The summed E-state index contributed by atoms with van der Waals surface area (Å²) in [7, 11) is 1.55. The summed E-state index contributed by atoms with van der Waals surface area (Å²) in [6, 6.07) is 17.2. The van der Waals surface area contributed by atoms with Crippen molar-refractivity contribution in [2.45, 2.75) is 6.92 Å². The monoisotopic (exact) mass is 422 g/mol. The predicted octanol–water partition coefficient (Wildman–Crippen LogP) is 4.09. The molecule has 0 saturated carbocycles. The van der Waals surface area contributed by atoms with Crippen LogP contribution in [0.15, 0.2) is 66.0 Å². The van der Waals surface area contributed by atoms with Crippen LogP contribution in [0.3, 0.4) is 0 Å². The average Bonchev–Trinajstić information content (AvgIpc) is 3.31. The predicted molar refractivity (Wildman–Crippen MR) is 117 cm³/mol. The third-order valence-electron chi connectivity index (χ3n) is 4.50. The summed E-state index contributed by atoms with van der Waals surface area (Å²) in [5, 5.41) is 4.59. The number of anilines is 1. The van der Waals surface area contributed by atoms with E-state index in [0.717, 1.165) is 0 Å². The summed E-state index contributed by atoms with van der Waals surface area (Å²) in [6.07, 6.45) is 0. The first-order valence-corrected chi connectivity index (χ1v) is 10.3. The van der Waals surface area contributed by atoms with Gasteiger partial charge in [-0.05, 0) is 36.6 Å². The van der Waals surface area contributed by atoms with E-state index in [9.17, 15) is 14.4 Å². The molecule has 2 amide bonds. The fourth-order valence-corrected chi connectivity index (χ4v) is 3.66. The van der Waals surface area contributed by atoms with Crippen molar-refractivity contribution in [2.75, 3.05) is 25.5 Å². The number of carbonyl (C=O) groups excluding carboxylic acids is 3. The molecule has 0 fully saturated rings. The first-order chi connectivity index (χ1) is 14.5. The Morgan fingerprint density at radius 1 is 1.00 bits per heavy atom. The molecule has 7 heteroatoms. The van der Waals surface area contributed by atoms with Gasteiger partial charge in [-0.3, -0.25) is 14.4 Å². The van der Waals surface area contributed by atoms with Crippen molar-refractivity contribution in [3.8, 4) is 5.75 Å². The van der Waals surface area contributed by atoms with Crippen molar-refractivity contribution < 1.29 is 19.1 Å². The van der Waals surface area contributed by atoms with E-state index in [1.807, 2.05) is 5.38 Å². The number of ketones is 1. The summed E-state index contributed by atoms with van der Waals surface area (Å²) in [6.45, 7) is 1.99. The highest BCUT2D eigenvalue weighted by molar-refractivity contribution is 7.12. The number of thiophene rings is 1. The number of methoxy groups -OCH3 is 1. The minimum atomic E-state index is -0.362. The van der Waals surface area contributed by atoms with Gasteiger partial charge in [-0.2, -0.15) is 0 Å². The topological polar surface area (TPSA) is 75.7 Å². The molecule has 0 radical (unpaired) electrons. The number of rotatable bonds is 8. The zero-order valence-electron chi connectivity index (χ0n) is 16.8. The van der Waals surface area contributed by atoms with E-state index in [2.05, 4.69) is 5.32 Å². The molecule has 0 saturated heterocycles. The Morgan fingerprint density at radius 2 is 1.77 bits per heavy atom. The fourth-order valence-electron chi connectivity index (χ4n) is 2.98. The summed E-state index contributed by atoms with van der Waals surface area (Å²) in [5.41, 5.74) is 1.19. The number of nitrogens with zero attached hydrogens (tertiary/aromatic N) is 1. The van der Waals surface area contributed by atoms with Crippen molar-refractivity contribution in [3.05, 3.63) is 82.0 Å². The fraction of sp³-hybridized carbons (Fsp3) is 0.174. The summed E-state index contributed by atoms with van der Waals surface area (Å²) in [4.78, 5) is 40.4. The molecule has 0 unspecified atom stereocenters. The van der Waals surface area contributed by atoms with Gasteiger partial charge in [0.1, 0.15) is 12.3 Å². The van der Waals surface area contributed by atoms with Gasteiger partial charge < -0.3 is 15.0 Å². The first kappa shape index (κ1) is 21.3. The molecule has 1 N–H and O–H groups in total. The molecular formula is C23H22N2O4S. The van der Waals surface area contributed by atoms with Crippen molar-refractivity contribution in [1.29, 1.82) is 0 Å². The van der Waals surface area contributed by atoms with Crippen LogP contribution in [0.25, 0.3) is 0 Å². The van der Waals surface area contributed by atoms with Gasteiger partial charge in [-0.1, -0.05) is 30.3 Å². The van der Waals surface area contributed by atoms with Gasteiger partial charge in [0.05, 0.1) is 17.6 Å². The highest BCUT2D eigenvalue weighted by atomic mass is 32.1. The van der Waals surface area contributed by atoms with Crippen LogP contribution in [0.4, 0.5) is 5.69 Å². The normalized spacial score (nSPS) is 10.3. The van der Waals surface area contributed by atoms with Crippen molar-refractivity contribution >= 4 is 34.6 Å². The SMILES string of the molecule is CCN(CC(=O)Nc1cccc(OC)c1)C(=O)c1ccccc1C(=O)c1cccs1. The standard InChI is InChI=1S/C23H22N2O4S/c1-3-25(15-21(26)24-16-8-6-9-17(14-16)29-2)23(28)19-11-5-4-10-18(19)22(27)20-12-7-13-30-20/h4-14H,3,15H2,1-2H3,(H,24,26). The molecule has 3 aromatic rings. The molecular weight excluding hydrogens is 400 g/mol. The summed E-state index contributed by atoms with van der Waals surface area (Å²) < 4.78 is 5.15. The Hall–Kier alpha value is -3.45. The lowest BCUT2D eigenvalue weighted by atomic mass is 10.0. The second-order valence-corrected chi connectivity index (χ2v) is 7.40. The van der Waals surface area contributed by atoms with Gasteiger partial charge in [0, 0.05) is 23.9 Å². The van der Waals surface area contributed by atoms with E-state index >= 15 is 0 Å². The second-order valence-electron chi connectivity index (χ2n) is 6.45. The third kappa shape index (κ3) is 4.93. The molecule has 1 aromatic heterocycles. The smallest absolute Gasteiger partial charge is 0.255 e. The van der Waals surface area contributed by atoms with E-state index in [1.54, 1.807) is 74.7 Å². The number of hydrogen-bond acceptors (Lipinski definition) is 5. The van der Waals surface area contributed by atoms with Crippen LogP contribution in [0.2, 0.25) is 0 Å². The van der Waals surface area contributed by atoms with Crippen molar-refractivity contribution in [2.24, 2.45) is 0 Å². The molecule has 0 aliphatic carbocycles. The largest absolute Gasteiger partial charge is 0.497 e. The number of hydrogen-bond donors (Lipinski definition) is 1. The maximum Gasteiger partial charge on any atom is 0.255 e. The summed E-state index contributed by atoms with van der Waals surface area (Å²) in [5.74, 6) is -0.276. The van der Waals surface area contributed by atoms with Crippen LogP contribution in [-0.2, 0) is 4.79 Å². The highest BCUT2D eigenvalue weighted by Gasteiger charge is 2.23. The zero-order chi connectivity index (χ0) is 21.5. The Bertz CT molecular complexity index is 1050. The van der Waals surface area contributed by atoms with Gasteiger partial charge in [-0.15, -0.1) is 11.3 Å². The van der Waals surface area contributed by atoms with Crippen LogP contribution >= 0.6 is 11.3 Å². The van der Waals surface area contributed by atoms with E-state index < -0.39 is 0 Å². The second kappa shape index (κ2) is 9.84. The maximum absolute atomic E-state index is 13.1. The highest BCUT2D eigenvalue weighted by Crippen LogP contribution is 2.20. The quantitative estimate of drug-likeness (QED) is 0.555. The third-order valence-corrected chi connectivity index (χ3v) is 5.37. The molecule has 1 heterocycles. The van der Waals surface area contributed by atoms with Crippen LogP contribution in [-0.4, -0.2) is 42.7 Å². The molecule has 154 valence electrons. The van der Waals surface area contributed by atoms with E-state index in [4.69, 9.17) is 4.74 Å². The molecule has 6 nitrogen and oxygen atoms in total. The van der Waals surface area contributed by atoms with Crippen molar-refractivity contribution in [1.82, 2.24) is 4.90 Å². The van der Waals surface area contributed by atoms with E-state index in [-0.39, 0.29) is 29.7 Å². The number of ether oxygens (including phenoxy) is 1. The van der Waals surface area contributed by atoms with Gasteiger partial charge in [0.25, 0.3) is 5.91 Å². The molecule has 0 aliphatic rings. The van der Waals surface area contributed by atoms with Crippen molar-refractivity contribution in [3.63, 3.8) is 0 Å². The van der Waals surface area contributed by atoms with Crippen LogP contribution in [0, 0.1) is 0 Å². The zero-order valence-corrected chi connectivity index (χ0v) is 17.6. The molecule has 30 heavy (non-hydrogen) atoms.